The summed E-state index contributed by atoms with van der Waals surface area (Å²) in [5.74, 6) is 0.101. The molecular weight excluding hydrogens is 316 g/mol. The van der Waals surface area contributed by atoms with E-state index in [0.29, 0.717) is 30.7 Å². The number of rotatable bonds is 3. The van der Waals surface area contributed by atoms with Gasteiger partial charge in [0.05, 0.1) is 0 Å². The highest BCUT2D eigenvalue weighted by atomic mass is 16.2. The predicted octanol–water partition coefficient (Wildman–Crippen LogP) is 1.91. The van der Waals surface area contributed by atoms with Gasteiger partial charge in [-0.15, -0.1) is 0 Å². The lowest BCUT2D eigenvalue weighted by molar-refractivity contribution is 0.0664. The molecule has 3 aliphatic heterocycles. The van der Waals surface area contributed by atoms with Gasteiger partial charge in [0, 0.05) is 43.0 Å². The number of benzene rings is 1. The molecule has 2 atom stereocenters. The first kappa shape index (κ1) is 16.4. The average Bonchev–Trinajstić information content (AvgIpc) is 3.34. The SMILES string of the molecule is CN1CCC[C@H]1[C@@H]1CCCN1C(=O)c1cccc(N2CCNC2=O)c1. The van der Waals surface area contributed by atoms with Crippen LogP contribution in [0.5, 0.6) is 0 Å². The van der Waals surface area contributed by atoms with Crippen LogP contribution in [0, 0.1) is 0 Å². The topological polar surface area (TPSA) is 55.9 Å². The van der Waals surface area contributed by atoms with Crippen molar-refractivity contribution in [1.29, 1.82) is 0 Å². The van der Waals surface area contributed by atoms with Crippen LogP contribution < -0.4 is 10.2 Å². The molecule has 1 N–H and O–H groups in total. The van der Waals surface area contributed by atoms with Gasteiger partial charge < -0.3 is 15.1 Å². The number of anilines is 1. The molecule has 3 fully saturated rings. The summed E-state index contributed by atoms with van der Waals surface area (Å²) in [6, 6.07) is 8.22. The molecule has 134 valence electrons. The number of amides is 3. The lowest BCUT2D eigenvalue weighted by Gasteiger charge is -2.33. The number of hydrogen-bond donors (Lipinski definition) is 1. The van der Waals surface area contributed by atoms with Crippen LogP contribution in [0.3, 0.4) is 0 Å². The molecule has 25 heavy (non-hydrogen) atoms. The van der Waals surface area contributed by atoms with Gasteiger partial charge in [-0.1, -0.05) is 6.07 Å². The second kappa shape index (κ2) is 6.67. The van der Waals surface area contributed by atoms with Crippen LogP contribution in [0.1, 0.15) is 36.0 Å². The lowest BCUT2D eigenvalue weighted by Crippen LogP contribution is -2.47. The summed E-state index contributed by atoms with van der Waals surface area (Å²) < 4.78 is 0. The van der Waals surface area contributed by atoms with Gasteiger partial charge in [-0.05, 0) is 57.5 Å². The summed E-state index contributed by atoms with van der Waals surface area (Å²) in [6.45, 7) is 3.26. The minimum Gasteiger partial charge on any atom is -0.336 e. The Labute approximate surface area is 148 Å². The average molecular weight is 342 g/mol. The minimum absolute atomic E-state index is 0.0868. The van der Waals surface area contributed by atoms with Crippen LogP contribution in [-0.4, -0.2) is 67.0 Å². The van der Waals surface area contributed by atoms with Gasteiger partial charge in [-0.2, -0.15) is 0 Å². The van der Waals surface area contributed by atoms with Crippen molar-refractivity contribution >= 4 is 17.6 Å². The number of carbonyl (C=O) groups excluding carboxylic acids is 2. The van der Waals surface area contributed by atoms with Crippen LogP contribution >= 0.6 is 0 Å². The van der Waals surface area contributed by atoms with Crippen molar-refractivity contribution in [3.8, 4) is 0 Å². The summed E-state index contributed by atoms with van der Waals surface area (Å²) >= 11 is 0. The van der Waals surface area contributed by atoms with E-state index in [1.165, 1.54) is 12.8 Å². The second-order valence-electron chi connectivity index (χ2n) is 7.33. The zero-order valence-corrected chi connectivity index (χ0v) is 14.8. The van der Waals surface area contributed by atoms with E-state index >= 15 is 0 Å². The fourth-order valence-electron chi connectivity index (χ4n) is 4.56. The van der Waals surface area contributed by atoms with Gasteiger partial charge in [0.2, 0.25) is 0 Å². The van der Waals surface area contributed by atoms with E-state index in [-0.39, 0.29) is 11.9 Å². The maximum Gasteiger partial charge on any atom is 0.321 e. The Bertz CT molecular complexity index is 677. The van der Waals surface area contributed by atoms with Gasteiger partial charge in [0.25, 0.3) is 5.91 Å². The molecule has 0 spiro atoms. The molecular formula is C19H26N4O2. The van der Waals surface area contributed by atoms with Crippen molar-refractivity contribution in [1.82, 2.24) is 15.1 Å². The van der Waals surface area contributed by atoms with Gasteiger partial charge in [-0.25, -0.2) is 4.79 Å². The van der Waals surface area contributed by atoms with Crippen molar-refractivity contribution in [3.63, 3.8) is 0 Å². The number of nitrogens with zero attached hydrogens (tertiary/aromatic N) is 3. The number of likely N-dealkylation sites (tertiary alicyclic amines) is 2. The van der Waals surface area contributed by atoms with E-state index in [1.807, 2.05) is 24.3 Å². The quantitative estimate of drug-likeness (QED) is 0.913. The van der Waals surface area contributed by atoms with Crippen LogP contribution in [0.25, 0.3) is 0 Å². The highest BCUT2D eigenvalue weighted by Crippen LogP contribution is 2.30. The molecule has 6 heteroatoms. The first-order valence-corrected chi connectivity index (χ1v) is 9.32. The Morgan fingerprint density at radius 3 is 2.64 bits per heavy atom. The third-order valence-corrected chi connectivity index (χ3v) is 5.84. The number of urea groups is 1. The highest BCUT2D eigenvalue weighted by molar-refractivity contribution is 5.98. The van der Waals surface area contributed by atoms with Crippen LogP contribution in [0.4, 0.5) is 10.5 Å². The van der Waals surface area contributed by atoms with E-state index in [9.17, 15) is 9.59 Å². The normalized spacial score (nSPS) is 27.2. The maximum absolute atomic E-state index is 13.2. The van der Waals surface area contributed by atoms with Gasteiger partial charge in [-0.3, -0.25) is 9.69 Å². The van der Waals surface area contributed by atoms with Crippen molar-refractivity contribution in [2.24, 2.45) is 0 Å². The molecule has 3 aliphatic rings. The molecule has 3 saturated heterocycles. The van der Waals surface area contributed by atoms with E-state index < -0.39 is 0 Å². The molecule has 0 aromatic heterocycles. The fourth-order valence-corrected chi connectivity index (χ4v) is 4.56. The van der Waals surface area contributed by atoms with Crippen molar-refractivity contribution in [2.75, 3.05) is 38.1 Å². The Kier molecular flexibility index (Phi) is 4.37. The second-order valence-corrected chi connectivity index (χ2v) is 7.33. The summed E-state index contributed by atoms with van der Waals surface area (Å²) in [6.07, 6.45) is 4.57. The maximum atomic E-state index is 13.2. The Hall–Kier alpha value is -2.08. The zero-order chi connectivity index (χ0) is 17.4. The van der Waals surface area contributed by atoms with Crippen molar-refractivity contribution < 1.29 is 9.59 Å². The van der Waals surface area contributed by atoms with Crippen LogP contribution in [0.2, 0.25) is 0 Å². The van der Waals surface area contributed by atoms with Gasteiger partial charge >= 0.3 is 6.03 Å². The Morgan fingerprint density at radius 1 is 1.12 bits per heavy atom. The molecule has 1 aromatic rings. The number of nitrogens with one attached hydrogen (secondary N) is 1. The third kappa shape index (κ3) is 2.99. The third-order valence-electron chi connectivity index (χ3n) is 5.84. The lowest BCUT2D eigenvalue weighted by atomic mass is 10.0. The number of hydrogen-bond acceptors (Lipinski definition) is 3. The predicted molar refractivity (Wildman–Crippen MR) is 96.9 cm³/mol. The van der Waals surface area contributed by atoms with Crippen LogP contribution in [0.15, 0.2) is 24.3 Å². The molecule has 3 amide bonds. The molecule has 0 unspecified atom stereocenters. The first-order chi connectivity index (χ1) is 12.1. The monoisotopic (exact) mass is 342 g/mol. The van der Waals surface area contributed by atoms with E-state index in [0.717, 1.165) is 31.6 Å². The smallest absolute Gasteiger partial charge is 0.321 e. The zero-order valence-electron chi connectivity index (χ0n) is 14.8. The minimum atomic E-state index is -0.0868. The first-order valence-electron chi connectivity index (χ1n) is 9.32. The van der Waals surface area contributed by atoms with E-state index in [1.54, 1.807) is 4.90 Å². The molecule has 6 nitrogen and oxygen atoms in total. The Balaban J connectivity index is 1.55. The molecule has 0 aliphatic carbocycles. The molecule has 0 bridgehead atoms. The summed E-state index contributed by atoms with van der Waals surface area (Å²) in [7, 11) is 2.17. The number of carbonyl (C=O) groups is 2. The largest absolute Gasteiger partial charge is 0.336 e. The van der Waals surface area contributed by atoms with E-state index in [4.69, 9.17) is 0 Å². The number of likely N-dealkylation sites (N-methyl/N-ethyl adjacent to an activating group) is 1. The van der Waals surface area contributed by atoms with Crippen molar-refractivity contribution in [2.45, 2.75) is 37.8 Å². The molecule has 1 aromatic carbocycles. The highest BCUT2D eigenvalue weighted by Gasteiger charge is 2.38. The molecule has 0 radical (unpaired) electrons. The Morgan fingerprint density at radius 2 is 1.92 bits per heavy atom. The molecule has 0 saturated carbocycles. The molecule has 3 heterocycles. The molecule has 4 rings (SSSR count). The van der Waals surface area contributed by atoms with Gasteiger partial charge in [0.1, 0.15) is 0 Å². The van der Waals surface area contributed by atoms with Gasteiger partial charge in [0.15, 0.2) is 0 Å². The summed E-state index contributed by atoms with van der Waals surface area (Å²) in [5.41, 5.74) is 1.49. The van der Waals surface area contributed by atoms with Crippen molar-refractivity contribution in [3.05, 3.63) is 29.8 Å². The summed E-state index contributed by atoms with van der Waals surface area (Å²) in [4.78, 5) is 31.2. The standard InChI is InChI=1S/C19H26N4O2/c1-21-10-3-7-16(21)17-8-4-11-23(17)18(24)14-5-2-6-15(13-14)22-12-9-20-19(22)25/h2,5-6,13,16-17H,3-4,7-12H2,1H3,(H,20,25)/t16-,17-/m0/s1. The van der Waals surface area contributed by atoms with Crippen LogP contribution in [-0.2, 0) is 0 Å². The fraction of sp³-hybridized carbons (Fsp3) is 0.579. The summed E-state index contributed by atoms with van der Waals surface area (Å²) in [5, 5.41) is 2.81. The van der Waals surface area contributed by atoms with E-state index in [2.05, 4.69) is 22.2 Å².